The summed E-state index contributed by atoms with van der Waals surface area (Å²) in [4.78, 5) is 12.4. The van der Waals surface area contributed by atoms with Gasteiger partial charge in [-0.15, -0.1) is 0 Å². The molecule has 1 N–H and O–H groups in total. The van der Waals surface area contributed by atoms with Crippen molar-refractivity contribution >= 4 is 21.6 Å². The van der Waals surface area contributed by atoms with Gasteiger partial charge in [0.15, 0.2) is 0 Å². The van der Waals surface area contributed by atoms with Crippen LogP contribution in [0.15, 0.2) is 29.2 Å². The number of anilines is 1. The Morgan fingerprint density at radius 2 is 1.72 bits per heavy atom. The lowest BCUT2D eigenvalue weighted by Gasteiger charge is -2.20. The van der Waals surface area contributed by atoms with Gasteiger partial charge in [-0.3, -0.25) is 4.79 Å². The van der Waals surface area contributed by atoms with Crippen LogP contribution in [0.3, 0.4) is 0 Å². The quantitative estimate of drug-likeness (QED) is 0.803. The molecule has 0 aliphatic carbocycles. The molecule has 1 unspecified atom stereocenters. The topological polar surface area (TPSA) is 75.7 Å². The average molecular weight is 368 g/mol. The fourth-order valence-electron chi connectivity index (χ4n) is 2.94. The summed E-state index contributed by atoms with van der Waals surface area (Å²) in [7, 11) is -3.46. The average Bonchev–Trinajstić information content (AvgIpc) is 2.90. The van der Waals surface area contributed by atoms with Crippen molar-refractivity contribution in [3.05, 3.63) is 24.3 Å². The summed E-state index contributed by atoms with van der Waals surface area (Å²) in [6, 6.07) is 6.36. The van der Waals surface area contributed by atoms with Gasteiger partial charge in [0.2, 0.25) is 10.0 Å². The van der Waals surface area contributed by atoms with Crippen LogP contribution in [-0.2, 0) is 19.6 Å². The maximum absolute atomic E-state index is 12.7. The van der Waals surface area contributed by atoms with Crippen LogP contribution < -0.4 is 5.32 Å². The number of ether oxygens (including phenoxy) is 1. The molecule has 6 nitrogen and oxygen atoms in total. The van der Waals surface area contributed by atoms with Gasteiger partial charge in [-0.2, -0.15) is 4.31 Å². The van der Waals surface area contributed by atoms with Crippen LogP contribution in [0.1, 0.15) is 46.0 Å². The predicted octanol–water partition coefficient (Wildman–Crippen LogP) is 3.00. The van der Waals surface area contributed by atoms with Crippen molar-refractivity contribution in [2.45, 2.75) is 57.0 Å². The molecule has 1 aliphatic heterocycles. The molecular formula is C18H28N2O4S. The molecule has 1 saturated heterocycles. The predicted molar refractivity (Wildman–Crippen MR) is 98.0 cm³/mol. The molecule has 7 heteroatoms. The SMILES string of the molecule is CCOC(CC)C(=O)Nc1ccc(S(=O)(=O)N2CCCCCC2)cc1. The molecular weight excluding hydrogens is 340 g/mol. The number of nitrogens with zero attached hydrogens (tertiary/aromatic N) is 1. The summed E-state index contributed by atoms with van der Waals surface area (Å²) < 4.78 is 32.4. The number of benzene rings is 1. The Hall–Kier alpha value is -1.44. The zero-order valence-electron chi connectivity index (χ0n) is 15.0. The van der Waals surface area contributed by atoms with Crippen molar-refractivity contribution in [2.75, 3.05) is 25.0 Å². The summed E-state index contributed by atoms with van der Waals surface area (Å²) >= 11 is 0. The molecule has 1 heterocycles. The van der Waals surface area contributed by atoms with E-state index in [0.717, 1.165) is 25.7 Å². The lowest BCUT2D eigenvalue weighted by Crippen LogP contribution is -2.32. The molecule has 0 bridgehead atoms. The van der Waals surface area contributed by atoms with Gasteiger partial charge in [-0.05, 0) is 50.5 Å². The maximum atomic E-state index is 12.7. The smallest absolute Gasteiger partial charge is 0.253 e. The van der Waals surface area contributed by atoms with Crippen LogP contribution in [0.4, 0.5) is 5.69 Å². The molecule has 2 rings (SSSR count). The largest absolute Gasteiger partial charge is 0.369 e. The summed E-state index contributed by atoms with van der Waals surface area (Å²) in [5.74, 6) is -0.215. The molecule has 1 fully saturated rings. The van der Waals surface area contributed by atoms with E-state index in [4.69, 9.17) is 4.74 Å². The third kappa shape index (κ3) is 5.26. The number of carbonyl (C=O) groups excluding carboxylic acids is 1. The number of sulfonamides is 1. The van der Waals surface area contributed by atoms with Crippen molar-refractivity contribution in [3.8, 4) is 0 Å². The van der Waals surface area contributed by atoms with Crippen molar-refractivity contribution in [3.63, 3.8) is 0 Å². The zero-order chi connectivity index (χ0) is 18.3. The molecule has 1 aromatic rings. The first-order chi connectivity index (χ1) is 12.0. The lowest BCUT2D eigenvalue weighted by molar-refractivity contribution is -0.127. The van der Waals surface area contributed by atoms with Crippen molar-refractivity contribution in [1.82, 2.24) is 4.31 Å². The van der Waals surface area contributed by atoms with E-state index >= 15 is 0 Å². The van der Waals surface area contributed by atoms with E-state index in [1.807, 2.05) is 13.8 Å². The minimum absolute atomic E-state index is 0.215. The van der Waals surface area contributed by atoms with Crippen LogP contribution in [0.5, 0.6) is 0 Å². The van der Waals surface area contributed by atoms with E-state index in [1.165, 1.54) is 0 Å². The van der Waals surface area contributed by atoms with E-state index in [1.54, 1.807) is 28.6 Å². The first-order valence-electron chi connectivity index (χ1n) is 9.01. The van der Waals surface area contributed by atoms with Crippen LogP contribution in [0.2, 0.25) is 0 Å². The summed E-state index contributed by atoms with van der Waals surface area (Å²) in [6.45, 7) is 5.36. The first kappa shape index (κ1) is 19.9. The van der Waals surface area contributed by atoms with Crippen LogP contribution >= 0.6 is 0 Å². The molecule has 0 saturated carbocycles. The number of hydrogen-bond acceptors (Lipinski definition) is 4. The van der Waals surface area contributed by atoms with Gasteiger partial charge in [-0.25, -0.2) is 8.42 Å². The molecule has 0 radical (unpaired) electrons. The van der Waals surface area contributed by atoms with Crippen molar-refractivity contribution in [1.29, 1.82) is 0 Å². The Kier molecular flexibility index (Phi) is 7.40. The highest BCUT2D eigenvalue weighted by molar-refractivity contribution is 7.89. The molecule has 1 aliphatic rings. The van der Waals surface area contributed by atoms with Crippen LogP contribution in [-0.4, -0.2) is 44.4 Å². The normalized spacial score (nSPS) is 17.7. The van der Waals surface area contributed by atoms with Gasteiger partial charge in [0, 0.05) is 25.4 Å². The lowest BCUT2D eigenvalue weighted by atomic mass is 10.2. The Morgan fingerprint density at radius 1 is 1.12 bits per heavy atom. The number of carbonyl (C=O) groups is 1. The summed E-state index contributed by atoms with van der Waals surface area (Å²) in [5, 5.41) is 2.77. The fraction of sp³-hybridized carbons (Fsp3) is 0.611. The second-order valence-electron chi connectivity index (χ2n) is 6.18. The Balaban J connectivity index is 2.07. The Labute approximate surface area is 150 Å². The molecule has 1 atom stereocenters. The number of rotatable bonds is 7. The van der Waals surface area contributed by atoms with Gasteiger partial charge < -0.3 is 10.1 Å². The highest BCUT2D eigenvalue weighted by Gasteiger charge is 2.25. The standard InChI is InChI=1S/C18H28N2O4S/c1-3-17(24-4-2)18(21)19-15-9-11-16(12-10-15)25(22,23)20-13-7-5-6-8-14-20/h9-12,17H,3-8,13-14H2,1-2H3,(H,19,21). The third-order valence-electron chi connectivity index (χ3n) is 4.36. The highest BCUT2D eigenvalue weighted by atomic mass is 32.2. The second-order valence-corrected chi connectivity index (χ2v) is 8.12. The number of hydrogen-bond donors (Lipinski definition) is 1. The van der Waals surface area contributed by atoms with E-state index in [0.29, 0.717) is 31.8 Å². The van der Waals surface area contributed by atoms with E-state index in [2.05, 4.69) is 5.32 Å². The minimum Gasteiger partial charge on any atom is -0.369 e. The molecule has 140 valence electrons. The number of nitrogens with one attached hydrogen (secondary N) is 1. The van der Waals surface area contributed by atoms with Gasteiger partial charge in [0.1, 0.15) is 6.10 Å². The van der Waals surface area contributed by atoms with Gasteiger partial charge in [-0.1, -0.05) is 19.8 Å². The Morgan fingerprint density at radius 3 is 2.24 bits per heavy atom. The van der Waals surface area contributed by atoms with Gasteiger partial charge in [0.25, 0.3) is 5.91 Å². The minimum atomic E-state index is -3.46. The van der Waals surface area contributed by atoms with Crippen molar-refractivity contribution in [2.24, 2.45) is 0 Å². The summed E-state index contributed by atoms with van der Waals surface area (Å²) in [6.07, 6.45) is 4.06. The molecule has 1 amide bonds. The fourth-order valence-corrected chi connectivity index (χ4v) is 4.46. The monoisotopic (exact) mass is 368 g/mol. The number of amides is 1. The first-order valence-corrected chi connectivity index (χ1v) is 10.5. The maximum Gasteiger partial charge on any atom is 0.253 e. The van der Waals surface area contributed by atoms with E-state index < -0.39 is 16.1 Å². The van der Waals surface area contributed by atoms with Gasteiger partial charge >= 0.3 is 0 Å². The molecule has 25 heavy (non-hydrogen) atoms. The van der Waals surface area contributed by atoms with Crippen molar-refractivity contribution < 1.29 is 17.9 Å². The molecule has 0 spiro atoms. The van der Waals surface area contributed by atoms with Crippen LogP contribution in [0.25, 0.3) is 0 Å². The van der Waals surface area contributed by atoms with E-state index in [9.17, 15) is 13.2 Å². The third-order valence-corrected chi connectivity index (χ3v) is 6.27. The molecule has 1 aromatic carbocycles. The summed E-state index contributed by atoms with van der Waals surface area (Å²) in [5.41, 5.74) is 0.568. The Bertz CT molecular complexity index is 650. The molecule has 0 aromatic heterocycles. The second kappa shape index (κ2) is 9.31. The zero-order valence-corrected chi connectivity index (χ0v) is 15.8. The highest BCUT2D eigenvalue weighted by Crippen LogP contribution is 2.22. The van der Waals surface area contributed by atoms with Crippen LogP contribution in [0, 0.1) is 0 Å². The van der Waals surface area contributed by atoms with Gasteiger partial charge in [0.05, 0.1) is 4.90 Å². The van der Waals surface area contributed by atoms with E-state index in [-0.39, 0.29) is 10.8 Å².